The smallest absolute Gasteiger partial charge is 0.404 e. The van der Waals surface area contributed by atoms with Crippen LogP contribution < -0.4 is 10.6 Å². The summed E-state index contributed by atoms with van der Waals surface area (Å²) in [4.78, 5) is 52.2. The number of aryl methyl sites for hydroxylation is 2. The van der Waals surface area contributed by atoms with Crippen LogP contribution in [0.4, 0.5) is 9.59 Å². The molecule has 52 heavy (non-hydrogen) atoms. The molecule has 0 bridgehead atoms. The second-order valence-corrected chi connectivity index (χ2v) is 14.8. The number of hydrogen-bond donors (Lipinski definition) is 4. The lowest BCUT2D eigenvalue weighted by Gasteiger charge is -2.38. The molecule has 1 aliphatic heterocycles. The van der Waals surface area contributed by atoms with Crippen molar-refractivity contribution < 1.29 is 24.6 Å². The van der Waals surface area contributed by atoms with E-state index in [1.165, 1.54) is 0 Å². The molecule has 5 rings (SSSR count). The molecular weight excluding hydrogens is 656 g/mol. The van der Waals surface area contributed by atoms with E-state index < -0.39 is 35.7 Å². The molecule has 274 valence electrons. The maximum Gasteiger partial charge on any atom is 0.404 e. The Morgan fingerprint density at radius 1 is 0.827 bits per heavy atom. The summed E-state index contributed by atoms with van der Waals surface area (Å²) in [5, 5.41) is 27.0. The molecule has 3 heterocycles. The van der Waals surface area contributed by atoms with Gasteiger partial charge >= 0.3 is 12.1 Å². The number of carboxylic acid groups (broad SMARTS) is 1. The zero-order valence-electron chi connectivity index (χ0n) is 30.6. The standard InChI is InChI=1S/C41H50N6O5/c1-27-14-17-32(25-42-27)31-18-15-30(16-19-31)23-35(45-39(50)51)36(48)24-34(22-29-11-7-6-8-12-29)44-38(49)37(41(3,4)5)47-21-20-46(40(47)52)26-33-13-9-10-28(2)43-33/h6-19,25,34-37,45,48H,20-24,26H2,1-5H3,(H,44,49)(H,50,51)/t34-,35-,36+,37+/m0/s1. The number of aliphatic hydroxyl groups is 1. The van der Waals surface area contributed by atoms with Gasteiger partial charge in [0.25, 0.3) is 0 Å². The number of rotatable bonds is 14. The SMILES string of the molecule is Cc1ccc(-c2ccc(C[C@H](NC(=O)O)[C@H](O)C[C@H](Cc3ccccc3)NC(=O)[C@@H](N3CCN(Cc4cccc(C)n4)C3=O)C(C)(C)C)cc2)cn1. The van der Waals surface area contributed by atoms with Gasteiger partial charge in [-0.3, -0.25) is 14.8 Å². The molecular formula is C41H50N6O5. The summed E-state index contributed by atoms with van der Waals surface area (Å²) in [5.41, 5.74) is 5.71. The largest absolute Gasteiger partial charge is 0.465 e. The maximum absolute atomic E-state index is 14.3. The third-order valence-electron chi connectivity index (χ3n) is 9.43. The Morgan fingerprint density at radius 2 is 1.52 bits per heavy atom. The molecule has 0 unspecified atom stereocenters. The highest BCUT2D eigenvalue weighted by molar-refractivity contribution is 5.89. The van der Waals surface area contributed by atoms with Crippen LogP contribution in [0.25, 0.3) is 11.1 Å². The summed E-state index contributed by atoms with van der Waals surface area (Å²) < 4.78 is 0. The fraction of sp³-hybridized carbons (Fsp3) is 0.390. The fourth-order valence-corrected chi connectivity index (χ4v) is 6.87. The van der Waals surface area contributed by atoms with Crippen molar-refractivity contribution in [1.82, 2.24) is 30.4 Å². The average Bonchev–Trinajstić information content (AvgIpc) is 3.43. The van der Waals surface area contributed by atoms with Crippen molar-refractivity contribution in [3.05, 3.63) is 119 Å². The highest BCUT2D eigenvalue weighted by Crippen LogP contribution is 2.29. The molecule has 1 saturated heterocycles. The summed E-state index contributed by atoms with van der Waals surface area (Å²) in [6.45, 7) is 10.8. The van der Waals surface area contributed by atoms with Gasteiger partial charge in [0.05, 0.1) is 24.4 Å². The van der Waals surface area contributed by atoms with Gasteiger partial charge in [-0.05, 0) is 73.4 Å². The van der Waals surface area contributed by atoms with Crippen molar-refractivity contribution in [2.75, 3.05) is 13.1 Å². The first kappa shape index (κ1) is 38.0. The second kappa shape index (κ2) is 16.8. The summed E-state index contributed by atoms with van der Waals surface area (Å²) in [5.74, 6) is -0.326. The Labute approximate surface area is 306 Å². The van der Waals surface area contributed by atoms with Gasteiger partial charge in [0, 0.05) is 42.3 Å². The molecule has 4 N–H and O–H groups in total. The first-order chi connectivity index (χ1) is 24.8. The van der Waals surface area contributed by atoms with E-state index in [-0.39, 0.29) is 24.8 Å². The van der Waals surface area contributed by atoms with E-state index in [4.69, 9.17) is 0 Å². The fourth-order valence-electron chi connectivity index (χ4n) is 6.87. The summed E-state index contributed by atoms with van der Waals surface area (Å²) in [6, 6.07) is 24.6. The number of nitrogens with one attached hydrogen (secondary N) is 2. The van der Waals surface area contributed by atoms with Crippen LogP contribution in [0.5, 0.6) is 0 Å². The van der Waals surface area contributed by atoms with E-state index in [0.29, 0.717) is 26.1 Å². The van der Waals surface area contributed by atoms with E-state index in [2.05, 4.69) is 20.6 Å². The van der Waals surface area contributed by atoms with Gasteiger partial charge in [0.2, 0.25) is 5.91 Å². The van der Waals surface area contributed by atoms with Gasteiger partial charge in [-0.15, -0.1) is 0 Å². The maximum atomic E-state index is 14.3. The number of pyridine rings is 2. The average molecular weight is 707 g/mol. The minimum absolute atomic E-state index is 0.0780. The topological polar surface area (TPSA) is 148 Å². The lowest BCUT2D eigenvalue weighted by Crippen LogP contribution is -2.57. The Balaban J connectivity index is 1.33. The normalized spacial score (nSPS) is 15.5. The highest BCUT2D eigenvalue weighted by atomic mass is 16.4. The number of aliphatic hydroxyl groups excluding tert-OH is 1. The second-order valence-electron chi connectivity index (χ2n) is 14.8. The Bertz CT molecular complexity index is 1810. The van der Waals surface area contributed by atoms with Crippen LogP contribution >= 0.6 is 0 Å². The van der Waals surface area contributed by atoms with Crippen molar-refractivity contribution in [3.63, 3.8) is 0 Å². The van der Waals surface area contributed by atoms with E-state index >= 15 is 0 Å². The van der Waals surface area contributed by atoms with Gasteiger partial charge in [0.15, 0.2) is 0 Å². The van der Waals surface area contributed by atoms with Crippen molar-refractivity contribution in [2.45, 2.75) is 84.7 Å². The summed E-state index contributed by atoms with van der Waals surface area (Å²) in [6.07, 6.45) is 0.149. The van der Waals surface area contributed by atoms with E-state index in [1.54, 1.807) is 9.80 Å². The molecule has 11 heteroatoms. The van der Waals surface area contributed by atoms with Crippen LogP contribution in [0.15, 0.2) is 91.1 Å². The van der Waals surface area contributed by atoms with Crippen LogP contribution in [-0.4, -0.2) is 85.3 Å². The van der Waals surface area contributed by atoms with Crippen molar-refractivity contribution >= 4 is 18.0 Å². The molecule has 4 atom stereocenters. The van der Waals surface area contributed by atoms with E-state index in [0.717, 1.165) is 39.3 Å². The molecule has 0 radical (unpaired) electrons. The zero-order chi connectivity index (χ0) is 37.4. The Hall–Kier alpha value is -5.29. The van der Waals surface area contributed by atoms with Gasteiger partial charge in [-0.1, -0.05) is 87.5 Å². The number of nitrogens with zero attached hydrogens (tertiary/aromatic N) is 4. The number of urea groups is 1. The molecule has 4 amide bonds. The van der Waals surface area contributed by atoms with Crippen LogP contribution in [0, 0.1) is 19.3 Å². The number of amides is 4. The van der Waals surface area contributed by atoms with Gasteiger partial charge in [0.1, 0.15) is 6.04 Å². The van der Waals surface area contributed by atoms with Gasteiger partial charge in [-0.25, -0.2) is 9.59 Å². The third-order valence-corrected chi connectivity index (χ3v) is 9.43. The van der Waals surface area contributed by atoms with Crippen LogP contribution in [0.1, 0.15) is 55.4 Å². The molecule has 2 aromatic carbocycles. The number of aromatic nitrogens is 2. The molecule has 0 saturated carbocycles. The molecule has 0 spiro atoms. The van der Waals surface area contributed by atoms with E-state index in [1.807, 2.05) is 126 Å². The van der Waals surface area contributed by atoms with Crippen molar-refractivity contribution in [3.8, 4) is 11.1 Å². The van der Waals surface area contributed by atoms with Crippen molar-refractivity contribution in [1.29, 1.82) is 0 Å². The highest BCUT2D eigenvalue weighted by Gasteiger charge is 2.44. The minimum Gasteiger partial charge on any atom is -0.465 e. The van der Waals surface area contributed by atoms with Gasteiger partial charge in [-0.2, -0.15) is 0 Å². The van der Waals surface area contributed by atoms with Crippen molar-refractivity contribution in [2.24, 2.45) is 5.41 Å². The monoisotopic (exact) mass is 706 g/mol. The number of hydrogen-bond acceptors (Lipinski definition) is 6. The summed E-state index contributed by atoms with van der Waals surface area (Å²) >= 11 is 0. The Kier molecular flexibility index (Phi) is 12.3. The predicted molar refractivity (Wildman–Crippen MR) is 200 cm³/mol. The van der Waals surface area contributed by atoms with Crippen LogP contribution in [0.3, 0.4) is 0 Å². The Morgan fingerprint density at radius 3 is 2.15 bits per heavy atom. The molecule has 0 aliphatic carbocycles. The first-order valence-corrected chi connectivity index (χ1v) is 17.8. The summed E-state index contributed by atoms with van der Waals surface area (Å²) in [7, 11) is 0. The lowest BCUT2D eigenvalue weighted by atomic mass is 9.84. The minimum atomic E-state index is -1.25. The third kappa shape index (κ3) is 10.2. The zero-order valence-corrected chi connectivity index (χ0v) is 30.6. The molecule has 1 aliphatic rings. The molecule has 1 fully saturated rings. The van der Waals surface area contributed by atoms with Gasteiger partial charge < -0.3 is 30.6 Å². The number of carbonyl (C=O) groups excluding carboxylic acids is 2. The first-order valence-electron chi connectivity index (χ1n) is 17.8. The number of carbonyl (C=O) groups is 3. The molecule has 2 aromatic heterocycles. The number of benzene rings is 2. The van der Waals surface area contributed by atoms with E-state index in [9.17, 15) is 24.6 Å². The lowest BCUT2D eigenvalue weighted by molar-refractivity contribution is -0.129. The van der Waals surface area contributed by atoms with Crippen LogP contribution in [-0.2, 0) is 24.2 Å². The van der Waals surface area contributed by atoms with Crippen LogP contribution in [0.2, 0.25) is 0 Å². The molecule has 11 nitrogen and oxygen atoms in total. The predicted octanol–water partition coefficient (Wildman–Crippen LogP) is 5.77. The quantitative estimate of drug-likeness (QED) is 0.130. The molecule has 4 aromatic rings.